The van der Waals surface area contributed by atoms with E-state index >= 15 is 0 Å². The number of carbonyl (C=O) groups is 5. The Morgan fingerprint density at radius 1 is 0.524 bits per heavy atom. The van der Waals surface area contributed by atoms with Crippen LogP contribution in [0.1, 0.15) is 99.8 Å². The first-order chi connectivity index (χ1) is 29.2. The van der Waals surface area contributed by atoms with E-state index < -0.39 is 40.3 Å². The summed E-state index contributed by atoms with van der Waals surface area (Å²) in [6.45, 7) is 24.7. The van der Waals surface area contributed by atoms with Gasteiger partial charge in [0.25, 0.3) is 0 Å². The van der Waals surface area contributed by atoms with Crippen LogP contribution in [0.2, 0.25) is 0 Å². The Morgan fingerprint density at radius 2 is 0.937 bits per heavy atom. The number of nitrogens with zero attached hydrogens (tertiary/aromatic N) is 4. The van der Waals surface area contributed by atoms with Gasteiger partial charge in [0.05, 0.1) is 26.2 Å². The minimum Gasteiger partial charge on any atom is -0.459 e. The van der Waals surface area contributed by atoms with Crippen LogP contribution in [-0.2, 0) is 60.7 Å². The number of esters is 5. The maximum absolute atomic E-state index is 13.6. The van der Waals surface area contributed by atoms with Crippen molar-refractivity contribution in [3.05, 3.63) is 77.4 Å². The fourth-order valence-corrected chi connectivity index (χ4v) is 6.79. The van der Waals surface area contributed by atoms with Gasteiger partial charge in [-0.3, -0.25) is 38.8 Å². The monoisotopic (exact) mass is 879 g/mol. The Labute approximate surface area is 376 Å². The highest BCUT2D eigenvalue weighted by Crippen LogP contribution is 2.18. The Morgan fingerprint density at radius 3 is 1.40 bits per heavy atom. The fourth-order valence-electron chi connectivity index (χ4n) is 6.79. The van der Waals surface area contributed by atoms with Crippen molar-refractivity contribution in [2.24, 2.45) is 0 Å². The third-order valence-electron chi connectivity index (χ3n) is 9.31. The highest BCUT2D eigenvalue weighted by Gasteiger charge is 2.31. The molecule has 350 valence electrons. The van der Waals surface area contributed by atoms with Crippen molar-refractivity contribution in [3.63, 3.8) is 0 Å². The lowest BCUT2D eigenvalue weighted by Crippen LogP contribution is -2.54. The van der Waals surface area contributed by atoms with Gasteiger partial charge in [-0.2, -0.15) is 0 Å². The van der Waals surface area contributed by atoms with Gasteiger partial charge >= 0.3 is 29.8 Å². The summed E-state index contributed by atoms with van der Waals surface area (Å²) in [5.41, 5.74) is -0.138. The second-order valence-electron chi connectivity index (χ2n) is 20.1. The lowest BCUT2D eigenvalue weighted by atomic mass is 10.0. The molecule has 2 aromatic carbocycles. The van der Waals surface area contributed by atoms with E-state index in [-0.39, 0.29) is 50.8 Å². The van der Waals surface area contributed by atoms with E-state index in [1.807, 2.05) is 152 Å². The second-order valence-corrected chi connectivity index (χ2v) is 20.1. The fraction of sp³-hybridized carbons (Fsp3) is 0.612. The van der Waals surface area contributed by atoms with Crippen molar-refractivity contribution in [2.45, 2.75) is 125 Å². The average molecular weight is 879 g/mol. The molecule has 1 aliphatic heterocycles. The molecule has 1 unspecified atom stereocenters. The standard InChI is InChI=1S/C49H74N4O10/c1-46(2,3)60-42(55)32-50-24-25-51(33-43(56)61-47(4,5)6)28-29-53(35-45(58)63-49(10,11)12)40(31-52(27-26-50)34-44(57)62-48(7,8)9)30-38-20-18-37(19-21-38)22-23-41(54)59-36-39-16-14-13-15-17-39/h13-23,40H,24-36H2,1-12H3/b23-22+. The van der Waals surface area contributed by atoms with Crippen molar-refractivity contribution in [1.82, 2.24) is 19.6 Å². The first-order valence-corrected chi connectivity index (χ1v) is 22.0. The number of hydrogen-bond donors (Lipinski definition) is 0. The Bertz CT molecular complexity index is 1800. The molecule has 0 spiro atoms. The lowest BCUT2D eigenvalue weighted by molar-refractivity contribution is -0.160. The normalized spacial score (nSPS) is 17.3. The number of hydrogen-bond acceptors (Lipinski definition) is 14. The van der Waals surface area contributed by atoms with Crippen molar-refractivity contribution in [1.29, 1.82) is 0 Å². The van der Waals surface area contributed by atoms with E-state index in [9.17, 15) is 24.0 Å². The average Bonchev–Trinajstić information content (AvgIpc) is 3.12. The summed E-state index contributed by atoms with van der Waals surface area (Å²) in [4.78, 5) is 74.1. The topological polar surface area (TPSA) is 144 Å². The zero-order valence-corrected chi connectivity index (χ0v) is 40.0. The van der Waals surface area contributed by atoms with E-state index in [1.165, 1.54) is 6.08 Å². The van der Waals surface area contributed by atoms with Crippen LogP contribution in [-0.4, -0.2) is 150 Å². The number of carbonyl (C=O) groups excluding carboxylic acids is 5. The van der Waals surface area contributed by atoms with Gasteiger partial charge in [-0.15, -0.1) is 0 Å². The molecule has 1 saturated heterocycles. The molecule has 1 aliphatic rings. The molecule has 0 amide bonds. The van der Waals surface area contributed by atoms with E-state index in [1.54, 1.807) is 6.08 Å². The Hall–Kier alpha value is -4.63. The summed E-state index contributed by atoms with van der Waals surface area (Å²) >= 11 is 0. The first kappa shape index (κ1) is 52.7. The van der Waals surface area contributed by atoms with Crippen molar-refractivity contribution >= 4 is 35.9 Å². The van der Waals surface area contributed by atoms with E-state index in [2.05, 4.69) is 4.90 Å². The van der Waals surface area contributed by atoms with Gasteiger partial charge in [0.2, 0.25) is 0 Å². The minimum atomic E-state index is -0.723. The molecule has 2 aromatic rings. The van der Waals surface area contributed by atoms with Crippen molar-refractivity contribution in [3.8, 4) is 0 Å². The molecule has 1 fully saturated rings. The van der Waals surface area contributed by atoms with Crippen LogP contribution < -0.4 is 0 Å². The number of benzene rings is 2. The van der Waals surface area contributed by atoms with Crippen LogP contribution in [0, 0.1) is 0 Å². The van der Waals surface area contributed by atoms with E-state index in [0.29, 0.717) is 52.2 Å². The zero-order chi connectivity index (χ0) is 47.0. The third-order valence-corrected chi connectivity index (χ3v) is 9.31. The smallest absolute Gasteiger partial charge is 0.331 e. The molecular formula is C49H74N4O10. The molecule has 0 aromatic heterocycles. The predicted molar refractivity (Wildman–Crippen MR) is 243 cm³/mol. The molecule has 0 saturated carbocycles. The minimum absolute atomic E-state index is 0.00202. The molecule has 63 heavy (non-hydrogen) atoms. The molecule has 1 atom stereocenters. The molecule has 14 heteroatoms. The van der Waals surface area contributed by atoms with Gasteiger partial charge in [-0.1, -0.05) is 54.6 Å². The van der Waals surface area contributed by atoms with E-state index in [4.69, 9.17) is 23.7 Å². The van der Waals surface area contributed by atoms with Gasteiger partial charge in [-0.05, 0) is 112 Å². The molecule has 0 aliphatic carbocycles. The summed E-state index contributed by atoms with van der Waals surface area (Å²) in [7, 11) is 0. The number of ether oxygens (including phenoxy) is 5. The van der Waals surface area contributed by atoms with Gasteiger partial charge in [0.15, 0.2) is 0 Å². The molecule has 1 heterocycles. The summed E-state index contributed by atoms with van der Waals surface area (Å²) in [6.07, 6.45) is 3.58. The summed E-state index contributed by atoms with van der Waals surface area (Å²) in [5.74, 6) is -2.02. The first-order valence-electron chi connectivity index (χ1n) is 22.0. The third kappa shape index (κ3) is 23.6. The summed E-state index contributed by atoms with van der Waals surface area (Å²) < 4.78 is 28.5. The lowest BCUT2D eigenvalue weighted by Gasteiger charge is -2.39. The van der Waals surface area contributed by atoms with Gasteiger partial charge in [-0.25, -0.2) is 4.79 Å². The van der Waals surface area contributed by atoms with E-state index in [0.717, 1.165) is 16.7 Å². The largest absolute Gasteiger partial charge is 0.459 e. The van der Waals surface area contributed by atoms with Crippen molar-refractivity contribution < 1.29 is 47.7 Å². The second kappa shape index (κ2) is 23.9. The van der Waals surface area contributed by atoms with Gasteiger partial charge < -0.3 is 23.7 Å². The SMILES string of the molecule is CC(C)(C)OC(=O)CN1CCN(CC(=O)OC(C)(C)C)CCN(CC(=O)OC(C)(C)C)C(Cc2ccc(/C=C/C(=O)OCc3ccccc3)cc2)CN(CC(=O)OC(C)(C)C)CC1. The van der Waals surface area contributed by atoms with Crippen LogP contribution in [0.3, 0.4) is 0 Å². The van der Waals surface area contributed by atoms with Crippen LogP contribution in [0.25, 0.3) is 6.08 Å². The van der Waals surface area contributed by atoms with Crippen LogP contribution in [0.15, 0.2) is 60.7 Å². The Kier molecular flexibility index (Phi) is 20.0. The predicted octanol–water partition coefficient (Wildman–Crippen LogP) is 5.94. The molecule has 3 rings (SSSR count). The zero-order valence-electron chi connectivity index (χ0n) is 40.0. The van der Waals surface area contributed by atoms with Crippen LogP contribution in [0.5, 0.6) is 0 Å². The van der Waals surface area contributed by atoms with Crippen LogP contribution >= 0.6 is 0 Å². The Balaban J connectivity index is 2.01. The van der Waals surface area contributed by atoms with Gasteiger partial charge in [0, 0.05) is 57.9 Å². The summed E-state index contributed by atoms with van der Waals surface area (Å²) in [6, 6.07) is 16.9. The molecule has 0 N–H and O–H groups in total. The molecule has 14 nitrogen and oxygen atoms in total. The molecular weight excluding hydrogens is 805 g/mol. The molecule has 0 radical (unpaired) electrons. The number of rotatable bonds is 14. The highest BCUT2D eigenvalue weighted by atomic mass is 16.6. The quantitative estimate of drug-likeness (QED) is 0.125. The maximum Gasteiger partial charge on any atom is 0.331 e. The molecule has 0 bridgehead atoms. The van der Waals surface area contributed by atoms with Gasteiger partial charge in [0.1, 0.15) is 29.0 Å². The van der Waals surface area contributed by atoms with Crippen LogP contribution in [0.4, 0.5) is 0 Å². The van der Waals surface area contributed by atoms with Crippen molar-refractivity contribution in [2.75, 3.05) is 72.0 Å². The highest BCUT2D eigenvalue weighted by molar-refractivity contribution is 5.87. The summed E-state index contributed by atoms with van der Waals surface area (Å²) in [5, 5.41) is 0. The maximum atomic E-state index is 13.6.